The number of hydrogen-bond donors (Lipinski definition) is 0. The molecule has 3 nitrogen and oxygen atoms in total. The molecule has 0 atom stereocenters. The van der Waals surface area contributed by atoms with Gasteiger partial charge in [0.15, 0.2) is 0 Å². The van der Waals surface area contributed by atoms with E-state index in [2.05, 4.69) is 12.0 Å². The van der Waals surface area contributed by atoms with Gasteiger partial charge in [-0.05, 0) is 24.1 Å². The zero-order chi connectivity index (χ0) is 13.1. The van der Waals surface area contributed by atoms with E-state index in [0.29, 0.717) is 11.1 Å². The van der Waals surface area contributed by atoms with Crippen molar-refractivity contribution in [2.24, 2.45) is 7.05 Å². The predicted octanol–water partition coefficient (Wildman–Crippen LogP) is 3.05. The van der Waals surface area contributed by atoms with E-state index in [1.54, 1.807) is 36.3 Å². The standard InChI is InChI=1S/C14H14FN3/c1-3-4-10-5-11(7-16)14(15)13(6-10)12-8-17-18(2)9-12/h5-6,8-9H,3-4H2,1-2H3. The molecular weight excluding hydrogens is 229 g/mol. The average molecular weight is 243 g/mol. The molecule has 18 heavy (non-hydrogen) atoms. The average Bonchev–Trinajstić information content (AvgIpc) is 2.78. The van der Waals surface area contributed by atoms with Gasteiger partial charge < -0.3 is 0 Å². The molecule has 1 aromatic carbocycles. The summed E-state index contributed by atoms with van der Waals surface area (Å²) in [5.41, 5.74) is 2.23. The smallest absolute Gasteiger partial charge is 0.148 e. The Hall–Kier alpha value is -2.15. The van der Waals surface area contributed by atoms with Crippen LogP contribution in [0.1, 0.15) is 24.5 Å². The highest BCUT2D eigenvalue weighted by Crippen LogP contribution is 2.26. The van der Waals surface area contributed by atoms with Crippen molar-refractivity contribution in [3.05, 3.63) is 41.5 Å². The van der Waals surface area contributed by atoms with Gasteiger partial charge in [0.2, 0.25) is 0 Å². The van der Waals surface area contributed by atoms with Gasteiger partial charge >= 0.3 is 0 Å². The molecule has 0 saturated heterocycles. The van der Waals surface area contributed by atoms with Gasteiger partial charge in [-0.2, -0.15) is 10.4 Å². The van der Waals surface area contributed by atoms with Crippen LogP contribution in [0, 0.1) is 17.1 Å². The Morgan fingerprint density at radius 1 is 1.44 bits per heavy atom. The minimum absolute atomic E-state index is 0.0970. The molecule has 2 aromatic rings. The summed E-state index contributed by atoms with van der Waals surface area (Å²) in [5, 5.41) is 13.0. The summed E-state index contributed by atoms with van der Waals surface area (Å²) in [5.74, 6) is -0.467. The molecule has 0 aliphatic carbocycles. The quantitative estimate of drug-likeness (QED) is 0.831. The molecule has 0 fully saturated rings. The molecule has 0 radical (unpaired) electrons. The summed E-state index contributed by atoms with van der Waals surface area (Å²) >= 11 is 0. The van der Waals surface area contributed by atoms with E-state index in [1.165, 1.54) is 0 Å². The first kappa shape index (κ1) is 12.3. The number of nitrogens with zero attached hydrogens (tertiary/aromatic N) is 3. The highest BCUT2D eigenvalue weighted by atomic mass is 19.1. The molecule has 2 rings (SSSR count). The highest BCUT2D eigenvalue weighted by Gasteiger charge is 2.13. The van der Waals surface area contributed by atoms with Crippen LogP contribution in [0.25, 0.3) is 11.1 Å². The normalized spacial score (nSPS) is 10.3. The van der Waals surface area contributed by atoms with Crippen LogP contribution in [-0.2, 0) is 13.5 Å². The third-order valence-electron chi connectivity index (χ3n) is 2.81. The van der Waals surface area contributed by atoms with Crippen LogP contribution in [0.4, 0.5) is 4.39 Å². The van der Waals surface area contributed by atoms with Crippen LogP contribution >= 0.6 is 0 Å². The van der Waals surface area contributed by atoms with Gasteiger partial charge in [0.05, 0.1) is 11.8 Å². The lowest BCUT2D eigenvalue weighted by Crippen LogP contribution is -1.94. The summed E-state index contributed by atoms with van der Waals surface area (Å²) in [6.45, 7) is 2.05. The molecule has 1 heterocycles. The van der Waals surface area contributed by atoms with Crippen molar-refractivity contribution in [3.63, 3.8) is 0 Å². The molecule has 0 aliphatic heterocycles. The maximum Gasteiger partial charge on any atom is 0.148 e. The predicted molar refractivity (Wildman–Crippen MR) is 67.3 cm³/mol. The van der Waals surface area contributed by atoms with Gasteiger partial charge in [-0.1, -0.05) is 13.3 Å². The van der Waals surface area contributed by atoms with Crippen LogP contribution in [0.3, 0.4) is 0 Å². The number of rotatable bonds is 3. The summed E-state index contributed by atoms with van der Waals surface area (Å²) in [7, 11) is 1.78. The molecule has 0 saturated carbocycles. The first-order valence-electron chi connectivity index (χ1n) is 5.87. The molecule has 0 amide bonds. The number of aryl methyl sites for hydroxylation is 2. The van der Waals surface area contributed by atoms with E-state index in [1.807, 2.05) is 6.07 Å². The number of hydrogen-bond acceptors (Lipinski definition) is 2. The first-order chi connectivity index (χ1) is 8.65. The zero-order valence-corrected chi connectivity index (χ0v) is 10.4. The lowest BCUT2D eigenvalue weighted by Gasteiger charge is -2.06. The van der Waals surface area contributed by atoms with Gasteiger partial charge in [-0.25, -0.2) is 4.39 Å². The fourth-order valence-corrected chi connectivity index (χ4v) is 1.97. The van der Waals surface area contributed by atoms with Gasteiger partial charge in [0.25, 0.3) is 0 Å². The van der Waals surface area contributed by atoms with Crippen LogP contribution in [0.2, 0.25) is 0 Å². The van der Waals surface area contributed by atoms with Crippen molar-refractivity contribution in [2.45, 2.75) is 19.8 Å². The lowest BCUT2D eigenvalue weighted by molar-refractivity contribution is 0.626. The molecule has 92 valence electrons. The van der Waals surface area contributed by atoms with E-state index in [0.717, 1.165) is 18.4 Å². The minimum atomic E-state index is -0.467. The molecular formula is C14H14FN3. The zero-order valence-electron chi connectivity index (χ0n) is 10.4. The molecule has 0 bridgehead atoms. The summed E-state index contributed by atoms with van der Waals surface area (Å²) in [6.07, 6.45) is 5.15. The van der Waals surface area contributed by atoms with Crippen LogP contribution in [0.15, 0.2) is 24.5 Å². The Labute approximate surface area is 105 Å². The monoisotopic (exact) mass is 243 g/mol. The van der Waals surface area contributed by atoms with Gasteiger partial charge in [-0.15, -0.1) is 0 Å². The molecule has 1 aromatic heterocycles. The number of benzene rings is 1. The van der Waals surface area contributed by atoms with Crippen molar-refractivity contribution in [2.75, 3.05) is 0 Å². The number of aromatic nitrogens is 2. The summed E-state index contributed by atoms with van der Waals surface area (Å²) in [4.78, 5) is 0. The molecule has 0 N–H and O–H groups in total. The van der Waals surface area contributed by atoms with Crippen LogP contribution < -0.4 is 0 Å². The second kappa shape index (κ2) is 5.01. The van der Waals surface area contributed by atoms with Gasteiger partial charge in [0, 0.05) is 24.4 Å². The van der Waals surface area contributed by atoms with Crippen LogP contribution in [-0.4, -0.2) is 9.78 Å². The topological polar surface area (TPSA) is 41.6 Å². The Morgan fingerprint density at radius 3 is 2.78 bits per heavy atom. The second-order valence-electron chi connectivity index (χ2n) is 4.27. The second-order valence-corrected chi connectivity index (χ2v) is 4.27. The van der Waals surface area contributed by atoms with E-state index in [9.17, 15) is 4.39 Å². The third kappa shape index (κ3) is 2.25. The third-order valence-corrected chi connectivity index (χ3v) is 2.81. The van der Waals surface area contributed by atoms with Crippen LogP contribution in [0.5, 0.6) is 0 Å². The Bertz CT molecular complexity index is 608. The van der Waals surface area contributed by atoms with Crippen molar-refractivity contribution >= 4 is 0 Å². The molecule has 0 aliphatic rings. The van der Waals surface area contributed by atoms with Gasteiger partial charge in [-0.3, -0.25) is 4.68 Å². The van der Waals surface area contributed by atoms with E-state index in [4.69, 9.17) is 5.26 Å². The number of halogens is 1. The lowest BCUT2D eigenvalue weighted by atomic mass is 9.99. The van der Waals surface area contributed by atoms with E-state index < -0.39 is 5.82 Å². The van der Waals surface area contributed by atoms with E-state index >= 15 is 0 Å². The maximum atomic E-state index is 14.1. The largest absolute Gasteiger partial charge is 0.275 e. The summed E-state index contributed by atoms with van der Waals surface area (Å²) in [6, 6.07) is 5.33. The van der Waals surface area contributed by atoms with Crippen molar-refractivity contribution in [1.29, 1.82) is 5.26 Å². The van der Waals surface area contributed by atoms with Crippen molar-refractivity contribution in [3.8, 4) is 17.2 Å². The number of nitriles is 1. The van der Waals surface area contributed by atoms with Crippen molar-refractivity contribution in [1.82, 2.24) is 9.78 Å². The Balaban J connectivity index is 2.58. The molecule has 4 heteroatoms. The first-order valence-corrected chi connectivity index (χ1v) is 5.87. The molecule has 0 spiro atoms. The van der Waals surface area contributed by atoms with Gasteiger partial charge in [0.1, 0.15) is 11.9 Å². The maximum absolute atomic E-state index is 14.1. The Morgan fingerprint density at radius 2 is 2.22 bits per heavy atom. The SMILES string of the molecule is CCCc1cc(C#N)c(F)c(-c2cnn(C)c2)c1. The van der Waals surface area contributed by atoms with Crippen molar-refractivity contribution < 1.29 is 4.39 Å². The molecule has 0 unspecified atom stereocenters. The minimum Gasteiger partial charge on any atom is -0.275 e. The van der Waals surface area contributed by atoms with E-state index in [-0.39, 0.29) is 5.56 Å². The highest BCUT2D eigenvalue weighted by molar-refractivity contribution is 5.66. The fourth-order valence-electron chi connectivity index (χ4n) is 1.97. The Kier molecular flexibility index (Phi) is 3.42. The fraction of sp³-hybridized carbons (Fsp3) is 0.286. The summed E-state index contributed by atoms with van der Waals surface area (Å²) < 4.78 is 15.7.